The first-order chi connectivity index (χ1) is 15.0. The summed E-state index contributed by atoms with van der Waals surface area (Å²) in [6, 6.07) is 10.9. The average Bonchev–Trinajstić information content (AvgIpc) is 2.77. The van der Waals surface area contributed by atoms with Crippen LogP contribution in [0.5, 0.6) is 0 Å². The highest BCUT2D eigenvalue weighted by molar-refractivity contribution is 5.87. The molecule has 0 radical (unpaired) electrons. The highest BCUT2D eigenvalue weighted by atomic mass is 19.1. The number of aromatic nitrogens is 2. The van der Waals surface area contributed by atoms with Gasteiger partial charge in [0.05, 0.1) is 5.69 Å². The van der Waals surface area contributed by atoms with Crippen molar-refractivity contribution in [2.45, 2.75) is 25.8 Å². The van der Waals surface area contributed by atoms with Gasteiger partial charge in [0, 0.05) is 48.8 Å². The Bertz CT molecular complexity index is 1140. The summed E-state index contributed by atoms with van der Waals surface area (Å²) >= 11 is 0. The van der Waals surface area contributed by atoms with E-state index in [2.05, 4.69) is 20.9 Å². The molecule has 4 rings (SSSR count). The van der Waals surface area contributed by atoms with Crippen molar-refractivity contribution in [1.29, 1.82) is 5.26 Å². The fourth-order valence-corrected chi connectivity index (χ4v) is 3.97. The van der Waals surface area contributed by atoms with Crippen molar-refractivity contribution in [3.05, 3.63) is 77.1 Å². The number of aryl methyl sites for hydroxylation is 1. The largest absolute Gasteiger partial charge is 0.370 e. The second-order valence-electron chi connectivity index (χ2n) is 7.89. The van der Waals surface area contributed by atoms with Crippen molar-refractivity contribution in [2.75, 3.05) is 18.0 Å². The Morgan fingerprint density at radius 1 is 1.16 bits per heavy atom. The molecule has 156 valence electrons. The normalized spacial score (nSPS) is 14.7. The first kappa shape index (κ1) is 20.7. The molecular formula is C25H24FN5. The maximum atomic E-state index is 14.2. The Morgan fingerprint density at radius 3 is 2.71 bits per heavy atom. The van der Waals surface area contributed by atoms with Gasteiger partial charge in [-0.15, -0.1) is 0 Å². The van der Waals surface area contributed by atoms with Gasteiger partial charge in [-0.2, -0.15) is 5.26 Å². The van der Waals surface area contributed by atoms with Crippen LogP contribution in [0.25, 0.3) is 23.3 Å². The van der Waals surface area contributed by atoms with Gasteiger partial charge in [-0.3, -0.25) is 4.98 Å². The Labute approximate surface area is 181 Å². The minimum atomic E-state index is -0.261. The summed E-state index contributed by atoms with van der Waals surface area (Å²) in [5, 5.41) is 9.10. The van der Waals surface area contributed by atoms with Gasteiger partial charge in [-0.25, -0.2) is 9.37 Å². The Morgan fingerprint density at radius 2 is 1.97 bits per heavy atom. The summed E-state index contributed by atoms with van der Waals surface area (Å²) < 4.78 is 14.2. The van der Waals surface area contributed by atoms with Crippen LogP contribution < -0.4 is 10.6 Å². The standard InChI is InChI=1S/C25H24FN5/c1-17-10-20(13-21(26)11-17)24-16-29-15-19(25(24)31-8-5-22(28)6-9-31)3-2-18-4-7-30-23(12-18)14-27/h2-4,7,10-13,15-16,22H,5-6,8-9,28H2,1H3. The summed E-state index contributed by atoms with van der Waals surface area (Å²) in [6.07, 6.45) is 11.0. The third kappa shape index (κ3) is 4.79. The van der Waals surface area contributed by atoms with Gasteiger partial charge >= 0.3 is 0 Å². The van der Waals surface area contributed by atoms with Crippen molar-refractivity contribution in [3.8, 4) is 17.2 Å². The van der Waals surface area contributed by atoms with Gasteiger partial charge in [0.25, 0.3) is 0 Å². The first-order valence-corrected chi connectivity index (χ1v) is 10.3. The number of benzene rings is 1. The van der Waals surface area contributed by atoms with Crippen LogP contribution >= 0.6 is 0 Å². The fraction of sp³-hybridized carbons (Fsp3) is 0.240. The lowest BCUT2D eigenvalue weighted by Gasteiger charge is -2.34. The van der Waals surface area contributed by atoms with E-state index in [0.29, 0.717) is 5.69 Å². The van der Waals surface area contributed by atoms with Crippen LogP contribution in [0.4, 0.5) is 10.1 Å². The molecule has 0 atom stereocenters. The smallest absolute Gasteiger partial charge is 0.141 e. The van der Waals surface area contributed by atoms with Gasteiger partial charge < -0.3 is 10.6 Å². The number of halogens is 1. The average molecular weight is 414 g/mol. The quantitative estimate of drug-likeness (QED) is 0.678. The zero-order valence-electron chi connectivity index (χ0n) is 17.4. The molecular weight excluding hydrogens is 389 g/mol. The molecule has 1 aliphatic rings. The summed E-state index contributed by atoms with van der Waals surface area (Å²) in [5.74, 6) is -0.261. The molecule has 2 N–H and O–H groups in total. The Hall–Kier alpha value is -3.56. The minimum absolute atomic E-state index is 0.207. The number of nitriles is 1. The van der Waals surface area contributed by atoms with E-state index < -0.39 is 0 Å². The van der Waals surface area contributed by atoms with E-state index >= 15 is 0 Å². The van der Waals surface area contributed by atoms with Crippen molar-refractivity contribution < 1.29 is 4.39 Å². The highest BCUT2D eigenvalue weighted by Gasteiger charge is 2.22. The monoisotopic (exact) mass is 413 g/mol. The van der Waals surface area contributed by atoms with Crippen molar-refractivity contribution in [3.63, 3.8) is 0 Å². The molecule has 3 aromatic rings. The topological polar surface area (TPSA) is 78.8 Å². The van der Waals surface area contributed by atoms with E-state index in [1.165, 1.54) is 6.07 Å². The Balaban J connectivity index is 1.80. The third-order valence-corrected chi connectivity index (χ3v) is 5.51. The van der Waals surface area contributed by atoms with Crippen LogP contribution in [0.1, 0.15) is 35.2 Å². The first-order valence-electron chi connectivity index (χ1n) is 10.3. The molecule has 6 heteroatoms. The molecule has 5 nitrogen and oxygen atoms in total. The predicted octanol–water partition coefficient (Wildman–Crippen LogP) is 4.56. The van der Waals surface area contributed by atoms with Crippen molar-refractivity contribution in [2.24, 2.45) is 5.73 Å². The summed E-state index contributed by atoms with van der Waals surface area (Å²) in [7, 11) is 0. The van der Waals surface area contributed by atoms with E-state index in [9.17, 15) is 4.39 Å². The molecule has 0 saturated carbocycles. The number of hydrogen-bond acceptors (Lipinski definition) is 5. The fourth-order valence-electron chi connectivity index (χ4n) is 3.97. The van der Waals surface area contributed by atoms with Gasteiger partial charge in [-0.1, -0.05) is 18.2 Å². The van der Waals surface area contributed by atoms with Crippen LogP contribution in [0.15, 0.2) is 48.9 Å². The van der Waals surface area contributed by atoms with Crippen molar-refractivity contribution in [1.82, 2.24) is 9.97 Å². The van der Waals surface area contributed by atoms with Crippen LogP contribution in [0, 0.1) is 24.1 Å². The number of anilines is 1. The molecule has 0 unspecified atom stereocenters. The second kappa shape index (κ2) is 9.07. The molecule has 1 aromatic carbocycles. The Kier molecular flexibility index (Phi) is 6.06. The van der Waals surface area contributed by atoms with Gasteiger partial charge in [0.15, 0.2) is 0 Å². The minimum Gasteiger partial charge on any atom is -0.370 e. The van der Waals surface area contributed by atoms with Crippen molar-refractivity contribution >= 4 is 17.8 Å². The number of rotatable bonds is 4. The number of piperidine rings is 1. The second-order valence-corrected chi connectivity index (χ2v) is 7.89. The molecule has 1 saturated heterocycles. The van der Waals surface area contributed by atoms with E-state index in [-0.39, 0.29) is 11.9 Å². The molecule has 0 bridgehead atoms. The van der Waals surface area contributed by atoms with Gasteiger partial charge in [0.1, 0.15) is 17.6 Å². The lowest BCUT2D eigenvalue weighted by molar-refractivity contribution is 0.501. The lowest BCUT2D eigenvalue weighted by atomic mass is 9.97. The SMILES string of the molecule is Cc1cc(F)cc(-c2cncc(C=Cc3ccnc(C#N)c3)c2N2CCC(N)CC2)c1. The molecule has 2 aromatic heterocycles. The molecule has 3 heterocycles. The van der Waals surface area contributed by atoms with Crippen LogP contribution in [-0.4, -0.2) is 29.1 Å². The third-order valence-electron chi connectivity index (χ3n) is 5.51. The molecule has 1 aliphatic heterocycles. The molecule has 0 aliphatic carbocycles. The van der Waals surface area contributed by atoms with Crippen LogP contribution in [0.2, 0.25) is 0 Å². The number of nitrogens with two attached hydrogens (primary N) is 1. The van der Waals surface area contributed by atoms with E-state index in [1.807, 2.05) is 37.4 Å². The maximum absolute atomic E-state index is 14.2. The summed E-state index contributed by atoms with van der Waals surface area (Å²) in [5.41, 5.74) is 11.9. The van der Waals surface area contributed by atoms with E-state index in [1.54, 1.807) is 24.5 Å². The maximum Gasteiger partial charge on any atom is 0.141 e. The van der Waals surface area contributed by atoms with Gasteiger partial charge in [-0.05, 0) is 60.7 Å². The predicted molar refractivity (Wildman–Crippen MR) is 122 cm³/mol. The van der Waals surface area contributed by atoms with Crippen LogP contribution in [-0.2, 0) is 0 Å². The summed E-state index contributed by atoms with van der Waals surface area (Å²) in [4.78, 5) is 10.8. The number of pyridine rings is 2. The van der Waals surface area contributed by atoms with Gasteiger partial charge in [0.2, 0.25) is 0 Å². The molecule has 1 fully saturated rings. The molecule has 0 amide bonds. The lowest BCUT2D eigenvalue weighted by Crippen LogP contribution is -2.40. The number of hydrogen-bond donors (Lipinski definition) is 1. The van der Waals surface area contributed by atoms with E-state index in [4.69, 9.17) is 11.0 Å². The zero-order chi connectivity index (χ0) is 21.8. The highest BCUT2D eigenvalue weighted by Crippen LogP contribution is 2.36. The molecule has 0 spiro atoms. The zero-order valence-corrected chi connectivity index (χ0v) is 17.4. The van der Waals surface area contributed by atoms with E-state index in [0.717, 1.165) is 59.4 Å². The summed E-state index contributed by atoms with van der Waals surface area (Å²) in [6.45, 7) is 3.56. The number of nitrogens with zero attached hydrogens (tertiary/aromatic N) is 4. The molecule has 31 heavy (non-hydrogen) atoms. The van der Waals surface area contributed by atoms with Crippen LogP contribution in [0.3, 0.4) is 0 Å².